The van der Waals surface area contributed by atoms with E-state index in [9.17, 15) is 9.18 Å². The number of nitrogens with one attached hydrogen (secondary N) is 1. The van der Waals surface area contributed by atoms with Crippen LogP contribution in [-0.2, 0) is 9.53 Å². The summed E-state index contributed by atoms with van der Waals surface area (Å²) in [5.41, 5.74) is 6.32. The molecule has 18 heavy (non-hydrogen) atoms. The molecule has 5 nitrogen and oxygen atoms in total. The van der Waals surface area contributed by atoms with Crippen LogP contribution in [-0.4, -0.2) is 43.7 Å². The molecule has 2 rings (SSSR count). The molecule has 1 saturated heterocycles. The number of halogens is 1. The lowest BCUT2D eigenvalue weighted by Gasteiger charge is -2.25. The van der Waals surface area contributed by atoms with Gasteiger partial charge in [0, 0.05) is 13.1 Å². The number of nitrogens with zero attached hydrogens (tertiary/aromatic N) is 1. The first-order valence-corrected chi connectivity index (χ1v) is 5.80. The lowest BCUT2D eigenvalue weighted by atomic mass is 10.2. The molecule has 1 aliphatic rings. The molecule has 0 unspecified atom stereocenters. The molecule has 0 aromatic heterocycles. The normalized spacial score (nSPS) is 16.5. The summed E-state index contributed by atoms with van der Waals surface area (Å²) in [5, 5.41) is 2.61. The van der Waals surface area contributed by atoms with E-state index in [-0.39, 0.29) is 12.5 Å². The molecule has 1 aromatic rings. The zero-order chi connectivity index (χ0) is 13.0. The second-order valence-electron chi connectivity index (χ2n) is 4.17. The van der Waals surface area contributed by atoms with Crippen LogP contribution in [0.4, 0.5) is 15.8 Å². The van der Waals surface area contributed by atoms with Crippen LogP contribution in [0.2, 0.25) is 0 Å². The Morgan fingerprint density at radius 3 is 2.89 bits per heavy atom. The van der Waals surface area contributed by atoms with E-state index in [1.54, 1.807) is 0 Å². The van der Waals surface area contributed by atoms with Gasteiger partial charge >= 0.3 is 0 Å². The van der Waals surface area contributed by atoms with Gasteiger partial charge in [0.05, 0.1) is 31.1 Å². The Kier molecular flexibility index (Phi) is 4.11. The van der Waals surface area contributed by atoms with E-state index < -0.39 is 5.82 Å². The molecule has 6 heteroatoms. The van der Waals surface area contributed by atoms with Gasteiger partial charge < -0.3 is 15.8 Å². The number of hydrogen-bond acceptors (Lipinski definition) is 4. The molecule has 1 aliphatic heterocycles. The van der Waals surface area contributed by atoms with Crippen LogP contribution in [0.15, 0.2) is 18.2 Å². The number of anilines is 2. The van der Waals surface area contributed by atoms with E-state index in [1.165, 1.54) is 18.2 Å². The van der Waals surface area contributed by atoms with Gasteiger partial charge in [0.25, 0.3) is 0 Å². The summed E-state index contributed by atoms with van der Waals surface area (Å²) in [6.07, 6.45) is 0. The summed E-state index contributed by atoms with van der Waals surface area (Å²) in [6, 6.07) is 3.90. The molecule has 3 N–H and O–H groups in total. The molecule has 0 spiro atoms. The standard InChI is InChI=1S/C12H16FN3O2/c13-9-1-2-10(14)11(7-9)15-12(17)8-16-3-5-18-6-4-16/h1-2,7H,3-6,8,14H2,(H,15,17). The van der Waals surface area contributed by atoms with Crippen molar-refractivity contribution in [1.29, 1.82) is 0 Å². The molecule has 0 atom stereocenters. The quantitative estimate of drug-likeness (QED) is 0.777. The van der Waals surface area contributed by atoms with Crippen molar-refractivity contribution in [2.75, 3.05) is 43.9 Å². The summed E-state index contributed by atoms with van der Waals surface area (Å²) in [7, 11) is 0. The van der Waals surface area contributed by atoms with Crippen LogP contribution >= 0.6 is 0 Å². The number of morpholine rings is 1. The Hall–Kier alpha value is -1.66. The first-order valence-electron chi connectivity index (χ1n) is 5.80. The lowest BCUT2D eigenvalue weighted by molar-refractivity contribution is -0.118. The molecular weight excluding hydrogens is 237 g/mol. The van der Waals surface area contributed by atoms with Crippen LogP contribution in [0.1, 0.15) is 0 Å². The zero-order valence-corrected chi connectivity index (χ0v) is 9.99. The average molecular weight is 253 g/mol. The van der Waals surface area contributed by atoms with Crippen LogP contribution < -0.4 is 11.1 Å². The third kappa shape index (κ3) is 3.41. The van der Waals surface area contributed by atoms with Gasteiger partial charge in [0.2, 0.25) is 5.91 Å². The Bertz CT molecular complexity index is 433. The Morgan fingerprint density at radius 2 is 2.17 bits per heavy atom. The summed E-state index contributed by atoms with van der Waals surface area (Å²) in [5.74, 6) is -0.625. The number of amides is 1. The predicted molar refractivity (Wildman–Crippen MR) is 66.7 cm³/mol. The highest BCUT2D eigenvalue weighted by Crippen LogP contribution is 2.19. The van der Waals surface area contributed by atoms with Gasteiger partial charge in [-0.05, 0) is 18.2 Å². The molecule has 1 fully saturated rings. The Morgan fingerprint density at radius 1 is 1.44 bits per heavy atom. The van der Waals surface area contributed by atoms with Crippen molar-refractivity contribution in [3.8, 4) is 0 Å². The highest BCUT2D eigenvalue weighted by atomic mass is 19.1. The molecule has 0 saturated carbocycles. The van der Waals surface area contributed by atoms with Gasteiger partial charge in [0.1, 0.15) is 5.82 Å². The monoisotopic (exact) mass is 253 g/mol. The van der Waals surface area contributed by atoms with Crippen LogP contribution in [0.5, 0.6) is 0 Å². The maximum absolute atomic E-state index is 13.0. The molecule has 0 radical (unpaired) electrons. The molecule has 0 aliphatic carbocycles. The first kappa shape index (κ1) is 12.8. The van der Waals surface area contributed by atoms with Gasteiger partial charge in [-0.2, -0.15) is 0 Å². The first-order chi connectivity index (χ1) is 8.65. The number of nitrogen functional groups attached to an aromatic ring is 1. The van der Waals surface area contributed by atoms with Crippen molar-refractivity contribution in [3.63, 3.8) is 0 Å². The number of ether oxygens (including phenoxy) is 1. The predicted octanol–water partition coefficient (Wildman–Crippen LogP) is 0.679. The van der Waals surface area contributed by atoms with E-state index in [4.69, 9.17) is 10.5 Å². The largest absolute Gasteiger partial charge is 0.397 e. The smallest absolute Gasteiger partial charge is 0.238 e. The average Bonchev–Trinajstić information content (AvgIpc) is 2.35. The molecule has 1 amide bonds. The fraction of sp³-hybridized carbons (Fsp3) is 0.417. The van der Waals surface area contributed by atoms with E-state index in [1.807, 2.05) is 4.90 Å². The molecule has 1 aromatic carbocycles. The van der Waals surface area contributed by atoms with E-state index in [0.29, 0.717) is 24.6 Å². The van der Waals surface area contributed by atoms with Crippen LogP contribution in [0.25, 0.3) is 0 Å². The number of rotatable bonds is 3. The van der Waals surface area contributed by atoms with Gasteiger partial charge in [-0.25, -0.2) is 4.39 Å². The lowest BCUT2D eigenvalue weighted by Crippen LogP contribution is -2.41. The topological polar surface area (TPSA) is 67.6 Å². The number of carbonyl (C=O) groups excluding carboxylic acids is 1. The minimum absolute atomic E-state index is 0.200. The maximum Gasteiger partial charge on any atom is 0.238 e. The summed E-state index contributed by atoms with van der Waals surface area (Å²) in [4.78, 5) is 13.8. The van der Waals surface area contributed by atoms with Gasteiger partial charge in [-0.15, -0.1) is 0 Å². The molecule has 0 bridgehead atoms. The minimum atomic E-state index is -0.425. The number of hydrogen-bond donors (Lipinski definition) is 2. The maximum atomic E-state index is 13.0. The third-order valence-electron chi connectivity index (χ3n) is 2.76. The minimum Gasteiger partial charge on any atom is -0.397 e. The second kappa shape index (κ2) is 5.79. The van der Waals surface area contributed by atoms with Crippen LogP contribution in [0, 0.1) is 5.82 Å². The van der Waals surface area contributed by atoms with Gasteiger partial charge in [-0.3, -0.25) is 9.69 Å². The van der Waals surface area contributed by atoms with Crippen molar-refractivity contribution in [1.82, 2.24) is 4.90 Å². The van der Waals surface area contributed by atoms with Crippen LogP contribution in [0.3, 0.4) is 0 Å². The highest BCUT2D eigenvalue weighted by Gasteiger charge is 2.14. The van der Waals surface area contributed by atoms with E-state index in [0.717, 1.165) is 13.1 Å². The molecule has 98 valence electrons. The van der Waals surface area contributed by atoms with Crippen molar-refractivity contribution in [3.05, 3.63) is 24.0 Å². The summed E-state index contributed by atoms with van der Waals surface area (Å²) in [6.45, 7) is 2.99. The fourth-order valence-corrected chi connectivity index (χ4v) is 1.79. The summed E-state index contributed by atoms with van der Waals surface area (Å²) < 4.78 is 18.2. The Balaban J connectivity index is 1.92. The summed E-state index contributed by atoms with van der Waals surface area (Å²) >= 11 is 0. The van der Waals surface area contributed by atoms with Crippen molar-refractivity contribution in [2.45, 2.75) is 0 Å². The fourth-order valence-electron chi connectivity index (χ4n) is 1.79. The van der Waals surface area contributed by atoms with E-state index >= 15 is 0 Å². The van der Waals surface area contributed by atoms with Crippen molar-refractivity contribution >= 4 is 17.3 Å². The second-order valence-corrected chi connectivity index (χ2v) is 4.17. The number of nitrogens with two attached hydrogens (primary N) is 1. The number of benzene rings is 1. The van der Waals surface area contributed by atoms with Crippen molar-refractivity contribution < 1.29 is 13.9 Å². The van der Waals surface area contributed by atoms with Gasteiger partial charge in [-0.1, -0.05) is 0 Å². The third-order valence-corrected chi connectivity index (χ3v) is 2.76. The van der Waals surface area contributed by atoms with Crippen molar-refractivity contribution in [2.24, 2.45) is 0 Å². The SMILES string of the molecule is Nc1ccc(F)cc1NC(=O)CN1CCOCC1. The Labute approximate surface area is 105 Å². The molecular formula is C12H16FN3O2. The number of carbonyl (C=O) groups is 1. The van der Waals surface area contributed by atoms with Gasteiger partial charge in [0.15, 0.2) is 0 Å². The zero-order valence-electron chi connectivity index (χ0n) is 9.99. The highest BCUT2D eigenvalue weighted by molar-refractivity contribution is 5.95. The molecule has 1 heterocycles. The van der Waals surface area contributed by atoms with E-state index in [2.05, 4.69) is 5.32 Å².